The Morgan fingerprint density at radius 2 is 0.880 bits per heavy atom. The minimum absolute atomic E-state index is 0.0926. The van der Waals surface area contributed by atoms with Crippen LogP contribution in [-0.4, -0.2) is 98.4 Å². The monoisotopic (exact) mass is 1230 g/mol. The summed E-state index contributed by atoms with van der Waals surface area (Å²) in [5.74, 6) is 6.84. The van der Waals surface area contributed by atoms with Gasteiger partial charge >= 0.3 is 0 Å². The number of thiophene rings is 1. The number of alkyl halides is 2. The van der Waals surface area contributed by atoms with Gasteiger partial charge in [0, 0.05) is 11.4 Å². The zero-order chi connectivity index (χ0) is 63.5. The molecule has 0 bridgehead atoms. The van der Waals surface area contributed by atoms with E-state index in [9.17, 15) is 4.39 Å². The lowest BCUT2D eigenvalue weighted by molar-refractivity contribution is 0.277. The highest BCUT2D eigenvalue weighted by atomic mass is 35.5. The third-order valence-electron chi connectivity index (χ3n) is 18.1. The smallest absolute Gasteiger partial charge is 0.136 e. The largest absolute Gasteiger partial charge is 0.307 e. The molecule has 494 valence electrons. The Hall–Kier alpha value is -0.730. The van der Waals surface area contributed by atoms with E-state index in [0.717, 1.165) is 66.4 Å². The normalized spacial score (nSPS) is 22.2. The van der Waals surface area contributed by atoms with Crippen LogP contribution in [0.15, 0.2) is 41.8 Å². The number of rotatable bonds is 10. The van der Waals surface area contributed by atoms with Crippen molar-refractivity contribution in [3.8, 4) is 0 Å². The van der Waals surface area contributed by atoms with Crippen LogP contribution in [0.3, 0.4) is 0 Å². The molecule has 0 spiro atoms. The standard InChI is InChI=1S/C9H13N.C8H16.C7H14.C6H13N.2C6H12.C5H5FS.C5H11N.C5H13N.C5H10.C5H12.C4H6Cl2.C4H10/c1-10(2)8-9-6-4-3-5-7-9;1-2-8-6-4-3-5-7-8;1-2-7-5-3-4-6-7;1-7-5-3-2-4-6-7;1-5-4-6(5,2)3;1-2-6-4-3-5-6;1-4-5(6)2-3-7-4;1-6-4-2-3-5-6;1-4-6(3)5-2;1-4-3-5(4)2;1-3-5-4-2;1-3-2-4(3,5)6;1-3-4-2/h3-7H,8H2,1-2H3;8H,2-7H2,1H3;7H,2-6H2,1H3;2-6H2,1H3;5H,4H2,1-3H3;6H,2-5H2,1H3;2-3H,1H3;2-5H2,1H3;4-5H2,1-3H3;4-5H,3H2,1-2H3;3-5H2,1-2H3;3H,2H2,1H3;3-4H2,1-2H3. The predicted molar refractivity (Wildman–Crippen MR) is 381 cm³/mol. The van der Waals surface area contributed by atoms with E-state index in [1.165, 1.54) is 223 Å². The van der Waals surface area contributed by atoms with Gasteiger partial charge in [0.2, 0.25) is 0 Å². The van der Waals surface area contributed by atoms with Crippen LogP contribution in [0.2, 0.25) is 0 Å². The van der Waals surface area contributed by atoms with Crippen LogP contribution in [0.4, 0.5) is 4.39 Å². The number of hydrogen-bond acceptors (Lipinski definition) is 5. The Kier molecular flexibility index (Phi) is 58.9. The van der Waals surface area contributed by atoms with Gasteiger partial charge in [-0.15, -0.1) is 34.5 Å². The minimum atomic E-state index is -0.347. The number of hydrogen-bond donors (Lipinski definition) is 0. The van der Waals surface area contributed by atoms with Gasteiger partial charge in [0.05, 0.1) is 0 Å². The molecule has 2 aromatic rings. The van der Waals surface area contributed by atoms with Gasteiger partial charge in [-0.05, 0) is 190 Å². The number of halogens is 3. The van der Waals surface area contributed by atoms with Crippen molar-refractivity contribution in [3.05, 3.63) is 58.0 Å². The molecular weight excluding hydrogens is 1080 g/mol. The van der Waals surface area contributed by atoms with E-state index in [2.05, 4.69) is 176 Å². The number of likely N-dealkylation sites (tertiary alicyclic amines) is 2. The van der Waals surface area contributed by atoms with E-state index >= 15 is 0 Å². The molecule has 0 amide bonds. The van der Waals surface area contributed by atoms with Gasteiger partial charge in [0.1, 0.15) is 10.2 Å². The Balaban J connectivity index is -0.000000840. The zero-order valence-electron chi connectivity index (χ0n) is 59.7. The second-order valence-corrected chi connectivity index (χ2v) is 29.8. The maximum atomic E-state index is 12.1. The molecule has 3 heterocycles. The van der Waals surface area contributed by atoms with Gasteiger partial charge in [0.15, 0.2) is 0 Å². The number of aryl methyl sites for hydroxylation is 1. The summed E-state index contributed by atoms with van der Waals surface area (Å²) in [5.41, 5.74) is 2.08. The summed E-state index contributed by atoms with van der Waals surface area (Å²) in [6.45, 7) is 44.0. The average molecular weight is 1230 g/mol. The van der Waals surface area contributed by atoms with Gasteiger partial charge in [-0.2, -0.15) is 0 Å². The molecule has 4 unspecified atom stereocenters. The lowest BCUT2D eigenvalue weighted by atomic mass is 9.84. The summed E-state index contributed by atoms with van der Waals surface area (Å²) in [6.07, 6.45) is 40.0. The van der Waals surface area contributed by atoms with Crippen LogP contribution in [-0.2, 0) is 6.54 Å². The first-order valence-electron chi connectivity index (χ1n) is 35.2. The van der Waals surface area contributed by atoms with E-state index in [1.54, 1.807) is 12.3 Å². The van der Waals surface area contributed by atoms with Gasteiger partial charge in [-0.25, -0.2) is 4.39 Å². The zero-order valence-corrected chi connectivity index (χ0v) is 62.0. The molecule has 8 heteroatoms. The van der Waals surface area contributed by atoms with E-state index < -0.39 is 0 Å². The third-order valence-corrected chi connectivity index (χ3v) is 20.0. The van der Waals surface area contributed by atoms with Gasteiger partial charge < -0.3 is 19.6 Å². The topological polar surface area (TPSA) is 13.0 Å². The molecule has 1 aromatic carbocycles. The molecule has 4 nitrogen and oxygen atoms in total. The second kappa shape index (κ2) is 56.5. The Morgan fingerprint density at radius 1 is 0.542 bits per heavy atom. The van der Waals surface area contributed by atoms with Crippen molar-refractivity contribution in [3.63, 3.8) is 0 Å². The van der Waals surface area contributed by atoms with Crippen LogP contribution < -0.4 is 0 Å². The molecule has 83 heavy (non-hydrogen) atoms. The Bertz CT molecular complexity index is 1530. The summed E-state index contributed by atoms with van der Waals surface area (Å²) in [7, 11) is 10.6. The number of unbranched alkanes of at least 4 members (excludes halogenated alkanes) is 3. The molecule has 6 saturated carbocycles. The van der Waals surface area contributed by atoms with Crippen LogP contribution in [0.1, 0.15) is 294 Å². The molecule has 6 aliphatic carbocycles. The first-order chi connectivity index (χ1) is 39.4. The maximum absolute atomic E-state index is 12.1. The SMILES string of the molecule is CC1CC1(C)C.CC1CC1(Cl)Cl.CC1CC1C.CCC1CCC1.CCC1CCCC1.CCC1CCCCC1.CCCC.CCCCC.CCN(C)CC.CN(C)Cc1ccccc1.CN1CCCC1.CN1CCCCC1.Cc1sccc1F. The fourth-order valence-electron chi connectivity index (χ4n) is 9.32. The highest BCUT2D eigenvalue weighted by Crippen LogP contribution is 2.52. The highest BCUT2D eigenvalue weighted by molar-refractivity contribution is 7.09. The number of nitrogens with zero attached hydrogens (tertiary/aromatic N) is 4. The second-order valence-electron chi connectivity index (χ2n) is 27.1. The quantitative estimate of drug-likeness (QED) is 0.220. The van der Waals surface area contributed by atoms with Crippen LogP contribution in [0.25, 0.3) is 0 Å². The lowest BCUT2D eigenvalue weighted by Crippen LogP contribution is -2.24. The summed E-state index contributed by atoms with van der Waals surface area (Å²) >= 11 is 12.5. The van der Waals surface area contributed by atoms with Crippen LogP contribution in [0, 0.1) is 59.6 Å². The first-order valence-corrected chi connectivity index (χ1v) is 36.8. The van der Waals surface area contributed by atoms with Crippen molar-refractivity contribution in [1.82, 2.24) is 19.6 Å². The van der Waals surface area contributed by atoms with E-state index in [0.29, 0.717) is 11.3 Å². The van der Waals surface area contributed by atoms with Crippen LogP contribution >= 0.6 is 34.5 Å². The van der Waals surface area contributed by atoms with E-state index in [4.69, 9.17) is 23.2 Å². The molecule has 1 aromatic heterocycles. The molecule has 8 fully saturated rings. The Labute approximate surface area is 536 Å². The lowest BCUT2D eigenvalue weighted by Gasteiger charge is -2.22. The van der Waals surface area contributed by atoms with E-state index in [-0.39, 0.29) is 10.2 Å². The third kappa shape index (κ3) is 57.5. The van der Waals surface area contributed by atoms with Gasteiger partial charge in [-0.3, -0.25) is 0 Å². The van der Waals surface area contributed by atoms with Crippen molar-refractivity contribution in [2.45, 2.75) is 301 Å². The molecule has 8 aliphatic rings. The number of piperidine rings is 1. The first kappa shape index (κ1) is 86.5. The number of benzene rings is 1. The Morgan fingerprint density at radius 3 is 1.02 bits per heavy atom. The minimum Gasteiger partial charge on any atom is -0.307 e. The van der Waals surface area contributed by atoms with Gasteiger partial charge in [0.25, 0.3) is 0 Å². The summed E-state index contributed by atoms with van der Waals surface area (Å²) in [5, 5.41) is 1.74. The summed E-state index contributed by atoms with van der Waals surface area (Å²) < 4.78 is 11.7. The molecular formula is C75H147Cl2FN4S. The van der Waals surface area contributed by atoms with Crippen molar-refractivity contribution in [2.75, 3.05) is 74.5 Å². The van der Waals surface area contributed by atoms with Crippen molar-refractivity contribution >= 4 is 34.5 Å². The summed E-state index contributed by atoms with van der Waals surface area (Å²) in [6, 6.07) is 11.9. The molecule has 0 radical (unpaired) electrons. The molecule has 0 N–H and O–H groups in total. The fraction of sp³-hybridized carbons (Fsp3) is 0.867. The van der Waals surface area contributed by atoms with Crippen LogP contribution in [0.5, 0.6) is 0 Å². The summed E-state index contributed by atoms with van der Waals surface area (Å²) in [4.78, 5) is 9.93. The molecule has 4 atom stereocenters. The maximum Gasteiger partial charge on any atom is 0.136 e. The van der Waals surface area contributed by atoms with Crippen molar-refractivity contribution in [2.24, 2.45) is 46.8 Å². The van der Waals surface area contributed by atoms with Gasteiger partial charge in [-0.1, -0.05) is 269 Å². The van der Waals surface area contributed by atoms with Crippen molar-refractivity contribution < 1.29 is 4.39 Å². The fourth-order valence-corrected chi connectivity index (χ4v) is 10.4. The van der Waals surface area contributed by atoms with Crippen molar-refractivity contribution in [1.29, 1.82) is 0 Å². The average Bonchev–Trinajstić information content (AvgIpc) is 4.27. The molecule has 10 rings (SSSR count). The molecule has 2 saturated heterocycles. The highest BCUT2D eigenvalue weighted by Gasteiger charge is 2.47. The van der Waals surface area contributed by atoms with E-state index in [1.807, 2.05) is 13.0 Å². The molecule has 2 aliphatic heterocycles. The predicted octanol–water partition coefficient (Wildman–Crippen LogP) is 24.4.